The lowest BCUT2D eigenvalue weighted by atomic mass is 9.87. The van der Waals surface area contributed by atoms with Crippen LogP contribution in [-0.4, -0.2) is 30.7 Å². The summed E-state index contributed by atoms with van der Waals surface area (Å²) in [5.41, 5.74) is 0. The van der Waals surface area contributed by atoms with Crippen LogP contribution < -0.4 is 0 Å². The molecule has 0 bridgehead atoms. The number of hydrogen-bond donors (Lipinski definition) is 1. The molecule has 1 aliphatic carbocycles. The number of ether oxygens (including phenoxy) is 2. The van der Waals surface area contributed by atoms with E-state index in [0.717, 1.165) is 26.1 Å². The zero-order chi connectivity index (χ0) is 8.13. The molecule has 0 radical (unpaired) electrons. The van der Waals surface area contributed by atoms with Crippen LogP contribution in [0.25, 0.3) is 0 Å². The lowest BCUT2D eigenvalue weighted by Gasteiger charge is -2.31. The minimum absolute atomic E-state index is 0.00546. The van der Waals surface area contributed by atoms with Crippen molar-refractivity contribution in [3.63, 3.8) is 0 Å². The van der Waals surface area contributed by atoms with Gasteiger partial charge in [0.1, 0.15) is 0 Å². The quantitative estimate of drug-likeness (QED) is 0.571. The fraction of sp³-hybridized carbons (Fsp3) is 1.00. The van der Waals surface area contributed by atoms with Gasteiger partial charge in [-0.25, -0.2) is 0 Å². The van der Waals surface area contributed by atoms with Crippen LogP contribution in [0.15, 0.2) is 0 Å². The van der Waals surface area contributed by atoms with Crippen molar-refractivity contribution in [2.75, 3.05) is 13.2 Å². The number of rotatable bonds is 0. The summed E-state index contributed by atoms with van der Waals surface area (Å²) in [4.78, 5) is 0. The van der Waals surface area contributed by atoms with Crippen molar-refractivity contribution in [1.29, 1.82) is 0 Å². The van der Waals surface area contributed by atoms with Gasteiger partial charge in [-0.15, -0.1) is 0 Å². The van der Waals surface area contributed by atoms with E-state index < -0.39 is 0 Å². The molecule has 1 saturated carbocycles. The second-order valence-corrected chi connectivity index (χ2v) is 4.17. The molecule has 3 fully saturated rings. The summed E-state index contributed by atoms with van der Waals surface area (Å²) < 4.78 is 11.0. The van der Waals surface area contributed by atoms with Crippen LogP contribution in [-0.2, 0) is 9.47 Å². The first-order valence-electron chi connectivity index (χ1n) is 4.77. The molecule has 0 aromatic rings. The Morgan fingerprint density at radius 2 is 2.17 bits per heavy atom. The van der Waals surface area contributed by atoms with E-state index in [1.165, 1.54) is 0 Å². The molecular weight excluding hydrogens is 156 g/mol. The van der Waals surface area contributed by atoms with Crippen LogP contribution in [0.3, 0.4) is 0 Å². The van der Waals surface area contributed by atoms with Crippen LogP contribution in [0, 0.1) is 17.8 Å². The average molecular weight is 170 g/mol. The highest BCUT2D eigenvalue weighted by Crippen LogP contribution is 2.48. The maximum absolute atomic E-state index is 9.74. The van der Waals surface area contributed by atoms with Crippen LogP contribution in [0.1, 0.15) is 12.8 Å². The first-order valence-corrected chi connectivity index (χ1v) is 4.77. The normalized spacial score (nSPS) is 57.2. The molecule has 2 heterocycles. The summed E-state index contributed by atoms with van der Waals surface area (Å²) in [5, 5.41) is 9.74. The molecule has 5 atom stereocenters. The highest BCUT2D eigenvalue weighted by Gasteiger charge is 2.52. The van der Waals surface area contributed by atoms with Gasteiger partial charge in [0.05, 0.1) is 19.3 Å². The third-order valence-electron chi connectivity index (χ3n) is 3.60. The number of aliphatic hydroxyl groups excluding tert-OH is 1. The van der Waals surface area contributed by atoms with Crippen molar-refractivity contribution >= 4 is 0 Å². The van der Waals surface area contributed by atoms with E-state index in [4.69, 9.17) is 9.47 Å². The monoisotopic (exact) mass is 170 g/mol. The third-order valence-corrected chi connectivity index (χ3v) is 3.60. The van der Waals surface area contributed by atoms with Gasteiger partial charge in [0.15, 0.2) is 6.29 Å². The molecule has 0 spiro atoms. The van der Waals surface area contributed by atoms with E-state index in [2.05, 4.69) is 0 Å². The van der Waals surface area contributed by atoms with Gasteiger partial charge in [0, 0.05) is 5.92 Å². The van der Waals surface area contributed by atoms with Gasteiger partial charge >= 0.3 is 0 Å². The topological polar surface area (TPSA) is 38.7 Å². The van der Waals surface area contributed by atoms with Crippen LogP contribution in [0.2, 0.25) is 0 Å². The first kappa shape index (κ1) is 7.30. The van der Waals surface area contributed by atoms with E-state index in [-0.39, 0.29) is 12.4 Å². The molecule has 3 heteroatoms. The Bertz CT molecular complexity index is 190. The second kappa shape index (κ2) is 2.44. The van der Waals surface area contributed by atoms with Crippen molar-refractivity contribution in [2.45, 2.75) is 25.2 Å². The molecule has 2 aliphatic heterocycles. The molecule has 3 aliphatic rings. The maximum atomic E-state index is 9.74. The minimum Gasteiger partial charge on any atom is -0.393 e. The predicted octanol–water partition coefficient (Wildman–Crippen LogP) is 0.376. The molecule has 2 saturated heterocycles. The first-order chi connectivity index (χ1) is 5.86. The molecule has 3 rings (SSSR count). The van der Waals surface area contributed by atoms with Crippen molar-refractivity contribution < 1.29 is 14.6 Å². The largest absolute Gasteiger partial charge is 0.393 e. The summed E-state index contributed by atoms with van der Waals surface area (Å²) in [5.74, 6) is 1.51. The highest BCUT2D eigenvalue weighted by molar-refractivity contribution is 4.97. The van der Waals surface area contributed by atoms with Crippen LogP contribution in [0.4, 0.5) is 0 Å². The Kier molecular flexibility index (Phi) is 1.48. The molecule has 0 amide bonds. The SMILES string of the molecule is O[C@H]1CC2CO[C@H]3OCC[C@@H]1[C@@H]23. The highest BCUT2D eigenvalue weighted by atomic mass is 16.7. The number of aliphatic hydroxyl groups is 1. The van der Waals surface area contributed by atoms with Crippen molar-refractivity contribution in [1.82, 2.24) is 0 Å². The summed E-state index contributed by atoms with van der Waals surface area (Å²) in [7, 11) is 0. The third kappa shape index (κ3) is 0.817. The van der Waals surface area contributed by atoms with E-state index in [1.807, 2.05) is 0 Å². The van der Waals surface area contributed by atoms with Gasteiger partial charge in [-0.05, 0) is 24.7 Å². The zero-order valence-corrected chi connectivity index (χ0v) is 6.98. The van der Waals surface area contributed by atoms with Crippen LogP contribution >= 0.6 is 0 Å². The lowest BCUT2D eigenvalue weighted by Crippen LogP contribution is -2.35. The van der Waals surface area contributed by atoms with Gasteiger partial charge in [0.25, 0.3) is 0 Å². The van der Waals surface area contributed by atoms with Gasteiger partial charge in [-0.3, -0.25) is 0 Å². The predicted molar refractivity (Wildman–Crippen MR) is 41.4 cm³/mol. The fourth-order valence-electron chi connectivity index (χ4n) is 3.05. The summed E-state index contributed by atoms with van der Waals surface area (Å²) in [6.45, 7) is 1.55. The smallest absolute Gasteiger partial charge is 0.161 e. The van der Waals surface area contributed by atoms with Crippen molar-refractivity contribution in [3.8, 4) is 0 Å². The van der Waals surface area contributed by atoms with E-state index in [0.29, 0.717) is 17.8 Å². The van der Waals surface area contributed by atoms with Gasteiger partial charge < -0.3 is 14.6 Å². The maximum Gasteiger partial charge on any atom is 0.161 e. The fourth-order valence-corrected chi connectivity index (χ4v) is 3.05. The number of hydrogen-bond acceptors (Lipinski definition) is 3. The second-order valence-electron chi connectivity index (χ2n) is 4.17. The van der Waals surface area contributed by atoms with Gasteiger partial charge in [0.2, 0.25) is 0 Å². The summed E-state index contributed by atoms with van der Waals surface area (Å²) >= 11 is 0. The zero-order valence-electron chi connectivity index (χ0n) is 6.98. The Morgan fingerprint density at radius 1 is 1.25 bits per heavy atom. The van der Waals surface area contributed by atoms with Crippen LogP contribution in [0.5, 0.6) is 0 Å². The van der Waals surface area contributed by atoms with Crippen molar-refractivity contribution in [3.05, 3.63) is 0 Å². The van der Waals surface area contributed by atoms with E-state index in [1.54, 1.807) is 0 Å². The molecule has 0 aromatic carbocycles. The standard InChI is InChI=1S/C9H14O3/c10-7-3-5-4-12-9-8(5)6(7)1-2-11-9/h5-10H,1-4H2/t5?,6-,7-,8+,9+/m0/s1. The summed E-state index contributed by atoms with van der Waals surface area (Å²) in [6, 6.07) is 0. The molecule has 3 nitrogen and oxygen atoms in total. The average Bonchev–Trinajstić information content (AvgIpc) is 2.61. The Morgan fingerprint density at radius 3 is 3.08 bits per heavy atom. The molecular formula is C9H14O3. The van der Waals surface area contributed by atoms with Gasteiger partial charge in [-0.2, -0.15) is 0 Å². The Labute approximate surface area is 71.7 Å². The Balaban J connectivity index is 1.89. The van der Waals surface area contributed by atoms with E-state index >= 15 is 0 Å². The van der Waals surface area contributed by atoms with Gasteiger partial charge in [-0.1, -0.05) is 0 Å². The molecule has 12 heavy (non-hydrogen) atoms. The minimum atomic E-state index is -0.0877. The van der Waals surface area contributed by atoms with E-state index in [9.17, 15) is 5.11 Å². The lowest BCUT2D eigenvalue weighted by molar-refractivity contribution is -0.173. The molecule has 0 aromatic heterocycles. The van der Waals surface area contributed by atoms with Crippen molar-refractivity contribution in [2.24, 2.45) is 17.8 Å². The Hall–Kier alpha value is -0.120. The molecule has 68 valence electrons. The summed E-state index contributed by atoms with van der Waals surface area (Å²) in [6.07, 6.45) is 1.86. The molecule has 1 unspecified atom stereocenters. The molecule has 1 N–H and O–H groups in total.